The minimum atomic E-state index is -0.554. The van der Waals surface area contributed by atoms with Gasteiger partial charge in [-0.2, -0.15) is 0 Å². The van der Waals surface area contributed by atoms with Gasteiger partial charge in [-0.1, -0.05) is 27.7 Å². The van der Waals surface area contributed by atoms with Gasteiger partial charge in [-0.05, 0) is 12.3 Å². The largest absolute Gasteiger partial charge is 0.380 e. The summed E-state index contributed by atoms with van der Waals surface area (Å²) in [6, 6.07) is 0. The molecule has 0 saturated heterocycles. The zero-order chi connectivity index (χ0) is 23.7. The maximum Gasteiger partial charge on any atom is 0.253 e. The van der Waals surface area contributed by atoms with Crippen molar-refractivity contribution < 1.29 is 33.5 Å². The third-order valence-electron chi connectivity index (χ3n) is 4.33. The second-order valence-corrected chi connectivity index (χ2v) is 9.20. The number of hydroxylamine groups is 1. The van der Waals surface area contributed by atoms with Gasteiger partial charge in [0.1, 0.15) is 5.78 Å². The average Bonchev–Trinajstić information content (AvgIpc) is 2.95. The lowest BCUT2D eigenvalue weighted by molar-refractivity contribution is -0.140. The first-order valence-corrected chi connectivity index (χ1v) is 10.1. The third kappa shape index (κ3) is 10.8. The molecule has 0 spiro atoms. The van der Waals surface area contributed by atoms with E-state index in [-0.39, 0.29) is 36.2 Å². The monoisotopic (exact) mass is 439 g/mol. The number of nitrogens with zero attached hydrogens (tertiary/aromatic N) is 1. The van der Waals surface area contributed by atoms with Gasteiger partial charge in [-0.15, -0.1) is 0 Å². The van der Waals surface area contributed by atoms with E-state index in [0.29, 0.717) is 26.2 Å². The summed E-state index contributed by atoms with van der Waals surface area (Å²) in [6.45, 7) is 10.1. The molecule has 2 N–H and O–H groups in total. The van der Waals surface area contributed by atoms with Gasteiger partial charge >= 0.3 is 0 Å². The molecule has 1 rings (SSSR count). The van der Waals surface area contributed by atoms with Crippen molar-refractivity contribution in [1.82, 2.24) is 15.7 Å². The molecular weight excluding hydrogens is 406 g/mol. The quantitative estimate of drug-likeness (QED) is 0.298. The second-order valence-electron chi connectivity index (χ2n) is 9.20. The highest BCUT2D eigenvalue weighted by Crippen LogP contribution is 2.23. The second kappa shape index (κ2) is 11.7. The number of ether oxygens (including phenoxy) is 1. The van der Waals surface area contributed by atoms with Gasteiger partial charge in [-0.3, -0.25) is 28.9 Å². The Morgan fingerprint density at radius 1 is 0.968 bits per heavy atom. The van der Waals surface area contributed by atoms with Crippen molar-refractivity contribution >= 4 is 29.4 Å². The molecule has 0 fully saturated rings. The van der Waals surface area contributed by atoms with Crippen LogP contribution in [0.2, 0.25) is 0 Å². The average molecular weight is 440 g/mol. The summed E-state index contributed by atoms with van der Waals surface area (Å²) in [5, 5.41) is 2.71. The van der Waals surface area contributed by atoms with Crippen molar-refractivity contribution in [2.24, 2.45) is 10.8 Å². The van der Waals surface area contributed by atoms with E-state index in [1.54, 1.807) is 6.92 Å². The van der Waals surface area contributed by atoms with Crippen LogP contribution in [0.5, 0.6) is 0 Å². The van der Waals surface area contributed by atoms with Crippen molar-refractivity contribution in [3.8, 4) is 0 Å². The molecule has 174 valence electrons. The van der Waals surface area contributed by atoms with E-state index in [1.165, 1.54) is 0 Å². The van der Waals surface area contributed by atoms with Crippen LogP contribution in [0, 0.1) is 10.8 Å². The molecule has 31 heavy (non-hydrogen) atoms. The summed E-state index contributed by atoms with van der Waals surface area (Å²) < 4.78 is 5.75. The molecule has 1 aliphatic rings. The molecule has 0 aromatic rings. The number of carbonyl (C=O) groups is 5. The molecule has 0 aliphatic carbocycles. The minimum absolute atomic E-state index is 0.0660. The number of rotatable bonds is 14. The summed E-state index contributed by atoms with van der Waals surface area (Å²) in [5.74, 6) is -1.79. The first-order valence-electron chi connectivity index (χ1n) is 10.1. The van der Waals surface area contributed by atoms with Crippen molar-refractivity contribution in [2.45, 2.75) is 47.5 Å². The fourth-order valence-corrected chi connectivity index (χ4v) is 2.87. The molecular formula is C21H33N3O7. The Bertz CT molecular complexity index is 710. The van der Waals surface area contributed by atoms with Gasteiger partial charge in [0, 0.05) is 43.5 Å². The Kier molecular flexibility index (Phi) is 9.99. The maximum atomic E-state index is 11.9. The molecule has 10 nitrogen and oxygen atoms in total. The molecule has 0 aromatic carbocycles. The van der Waals surface area contributed by atoms with Crippen LogP contribution < -0.4 is 10.8 Å². The van der Waals surface area contributed by atoms with E-state index in [1.807, 2.05) is 27.7 Å². The molecule has 0 unspecified atom stereocenters. The zero-order valence-electron chi connectivity index (χ0n) is 18.9. The van der Waals surface area contributed by atoms with Crippen molar-refractivity contribution in [3.05, 3.63) is 12.2 Å². The van der Waals surface area contributed by atoms with E-state index in [0.717, 1.165) is 17.1 Å². The Balaban J connectivity index is 2.19. The first kappa shape index (κ1) is 26.4. The van der Waals surface area contributed by atoms with Crippen LogP contribution in [0.3, 0.4) is 0 Å². The van der Waals surface area contributed by atoms with Crippen LogP contribution >= 0.6 is 0 Å². The number of amides is 4. The first-order chi connectivity index (χ1) is 14.3. The molecule has 1 aliphatic heterocycles. The highest BCUT2D eigenvalue weighted by Gasteiger charge is 2.25. The molecule has 0 saturated carbocycles. The van der Waals surface area contributed by atoms with Gasteiger partial charge in [0.25, 0.3) is 11.8 Å². The minimum Gasteiger partial charge on any atom is -0.380 e. The number of Topliss-reactive ketones (excluding diaryl/α,β-unsaturated/α-hetero) is 1. The van der Waals surface area contributed by atoms with Crippen LogP contribution in [0.25, 0.3) is 0 Å². The van der Waals surface area contributed by atoms with Crippen LogP contribution in [0.1, 0.15) is 47.5 Å². The van der Waals surface area contributed by atoms with E-state index in [2.05, 4.69) is 10.8 Å². The van der Waals surface area contributed by atoms with Gasteiger partial charge in [0.2, 0.25) is 11.8 Å². The summed E-state index contributed by atoms with van der Waals surface area (Å²) in [6.07, 6.45) is 2.58. The van der Waals surface area contributed by atoms with E-state index < -0.39 is 23.6 Å². The van der Waals surface area contributed by atoms with Gasteiger partial charge in [-0.25, -0.2) is 5.48 Å². The molecule has 1 heterocycles. The summed E-state index contributed by atoms with van der Waals surface area (Å²) >= 11 is 0. The topological polar surface area (TPSA) is 131 Å². The molecule has 0 aromatic heterocycles. The van der Waals surface area contributed by atoms with Crippen molar-refractivity contribution in [1.29, 1.82) is 0 Å². The third-order valence-corrected chi connectivity index (χ3v) is 4.33. The number of imide groups is 1. The lowest BCUT2D eigenvalue weighted by atomic mass is 9.88. The van der Waals surface area contributed by atoms with Crippen LogP contribution in [-0.2, 0) is 33.5 Å². The maximum absolute atomic E-state index is 11.9. The summed E-state index contributed by atoms with van der Waals surface area (Å²) in [5.41, 5.74) is 1.52. The normalized spacial score (nSPS) is 14.2. The van der Waals surface area contributed by atoms with Crippen LogP contribution in [0.4, 0.5) is 0 Å². The van der Waals surface area contributed by atoms with Crippen LogP contribution in [-0.4, -0.2) is 67.2 Å². The van der Waals surface area contributed by atoms with E-state index in [9.17, 15) is 24.0 Å². The zero-order valence-corrected chi connectivity index (χ0v) is 18.9. The molecule has 4 amide bonds. The van der Waals surface area contributed by atoms with Gasteiger partial charge in [0.15, 0.2) is 6.61 Å². The smallest absolute Gasteiger partial charge is 0.253 e. The van der Waals surface area contributed by atoms with Crippen molar-refractivity contribution in [2.75, 3.05) is 32.9 Å². The number of ketones is 1. The molecule has 0 atom stereocenters. The SMILES string of the molecule is CC(=O)CC(C)(C)COCC(C)(C)CNC(=O)CONC(=O)CCN1C(=O)C=CC1=O. The van der Waals surface area contributed by atoms with Crippen molar-refractivity contribution in [3.63, 3.8) is 0 Å². The number of hydrogen-bond donors (Lipinski definition) is 2. The lowest BCUT2D eigenvalue weighted by Gasteiger charge is -2.28. The van der Waals surface area contributed by atoms with E-state index in [4.69, 9.17) is 9.57 Å². The molecule has 10 heteroatoms. The fraction of sp³-hybridized carbons (Fsp3) is 0.667. The number of carbonyl (C=O) groups excluding carboxylic acids is 5. The Hall–Kier alpha value is -2.59. The number of nitrogens with one attached hydrogen (secondary N) is 2. The number of hydrogen-bond acceptors (Lipinski definition) is 7. The Morgan fingerprint density at radius 2 is 1.55 bits per heavy atom. The molecule has 0 radical (unpaired) electrons. The predicted octanol–water partition coefficient (Wildman–Crippen LogP) is 0.514. The Labute approximate surface area is 182 Å². The Morgan fingerprint density at radius 3 is 2.13 bits per heavy atom. The van der Waals surface area contributed by atoms with Gasteiger partial charge in [0.05, 0.1) is 13.2 Å². The van der Waals surface area contributed by atoms with Crippen LogP contribution in [0.15, 0.2) is 12.2 Å². The highest BCUT2D eigenvalue weighted by molar-refractivity contribution is 6.13. The molecule has 0 bridgehead atoms. The summed E-state index contributed by atoms with van der Waals surface area (Å²) in [4.78, 5) is 63.5. The van der Waals surface area contributed by atoms with Gasteiger partial charge < -0.3 is 14.8 Å². The fourth-order valence-electron chi connectivity index (χ4n) is 2.87. The predicted molar refractivity (Wildman–Crippen MR) is 111 cm³/mol. The standard InChI is InChI=1S/C21H33N3O7/c1-15(25)10-20(2,3)13-30-14-21(4,5)12-22-17(27)11-31-23-16(26)8-9-24-18(28)6-7-19(24)29/h6-7H,8-14H2,1-5H3,(H,22,27)(H,23,26). The van der Waals surface area contributed by atoms with E-state index >= 15 is 0 Å². The lowest BCUT2D eigenvalue weighted by Crippen LogP contribution is -2.40. The summed E-state index contributed by atoms with van der Waals surface area (Å²) in [7, 11) is 0. The highest BCUT2D eigenvalue weighted by atomic mass is 16.7.